The van der Waals surface area contributed by atoms with E-state index in [1.807, 2.05) is 6.92 Å². The summed E-state index contributed by atoms with van der Waals surface area (Å²) < 4.78 is 42.9. The van der Waals surface area contributed by atoms with Gasteiger partial charge in [-0.15, -0.1) is 11.3 Å². The highest BCUT2D eigenvalue weighted by molar-refractivity contribution is 7.13. The van der Waals surface area contributed by atoms with Crippen LogP contribution in [0.1, 0.15) is 51.4 Å². The lowest BCUT2D eigenvalue weighted by molar-refractivity contribution is -0.137. The number of esters is 1. The first-order valence-electron chi connectivity index (χ1n) is 8.93. The molecule has 0 spiro atoms. The molecule has 0 aliphatic rings. The first-order chi connectivity index (χ1) is 13.7. The van der Waals surface area contributed by atoms with E-state index < -0.39 is 17.7 Å². The van der Waals surface area contributed by atoms with Gasteiger partial charge in [-0.3, -0.25) is 4.99 Å². The summed E-state index contributed by atoms with van der Waals surface area (Å²) in [6, 6.07) is 4.70. The maximum Gasteiger partial charge on any atom is 0.416 e. The first-order valence-corrected chi connectivity index (χ1v) is 9.75. The van der Waals surface area contributed by atoms with Gasteiger partial charge in [0.05, 0.1) is 23.9 Å². The zero-order valence-corrected chi connectivity index (χ0v) is 17.4. The van der Waals surface area contributed by atoms with Crippen molar-refractivity contribution in [2.75, 3.05) is 13.7 Å². The van der Waals surface area contributed by atoms with Crippen molar-refractivity contribution in [3.05, 3.63) is 51.0 Å². The third kappa shape index (κ3) is 6.18. The van der Waals surface area contributed by atoms with Gasteiger partial charge in [-0.1, -0.05) is 12.1 Å². The third-order valence-electron chi connectivity index (χ3n) is 3.96. The number of aromatic nitrogens is 1. The Kier molecular flexibility index (Phi) is 7.60. The van der Waals surface area contributed by atoms with Crippen molar-refractivity contribution < 1.29 is 22.7 Å². The van der Waals surface area contributed by atoms with E-state index in [9.17, 15) is 18.0 Å². The SMILES string of the molecule is CCOC(=O)c1sc(C(C)NC(=NC)NCc2ccc(C(F)(F)F)cc2)nc1C. The monoisotopic (exact) mass is 428 g/mol. The van der Waals surface area contributed by atoms with E-state index in [4.69, 9.17) is 4.74 Å². The van der Waals surface area contributed by atoms with Crippen LogP contribution in [0.3, 0.4) is 0 Å². The number of hydrogen-bond acceptors (Lipinski definition) is 5. The van der Waals surface area contributed by atoms with Crippen molar-refractivity contribution in [2.45, 2.75) is 39.5 Å². The van der Waals surface area contributed by atoms with Crippen molar-refractivity contribution >= 4 is 23.3 Å². The molecule has 0 saturated heterocycles. The van der Waals surface area contributed by atoms with Gasteiger partial charge >= 0.3 is 12.1 Å². The van der Waals surface area contributed by atoms with Crippen LogP contribution in [-0.2, 0) is 17.5 Å². The van der Waals surface area contributed by atoms with Gasteiger partial charge in [0.2, 0.25) is 0 Å². The number of nitrogens with one attached hydrogen (secondary N) is 2. The number of nitrogens with zero attached hydrogens (tertiary/aromatic N) is 2. The molecule has 158 valence electrons. The van der Waals surface area contributed by atoms with Crippen molar-refractivity contribution in [1.82, 2.24) is 15.6 Å². The molecule has 6 nitrogen and oxygen atoms in total. The summed E-state index contributed by atoms with van der Waals surface area (Å²) in [7, 11) is 1.59. The fraction of sp³-hybridized carbons (Fsp3) is 0.421. The molecular formula is C19H23F3N4O2S. The maximum absolute atomic E-state index is 12.6. The van der Waals surface area contributed by atoms with E-state index in [0.29, 0.717) is 40.3 Å². The second-order valence-electron chi connectivity index (χ2n) is 6.17. The molecule has 0 amide bonds. The lowest BCUT2D eigenvalue weighted by Gasteiger charge is -2.16. The van der Waals surface area contributed by atoms with Gasteiger partial charge in [0.25, 0.3) is 0 Å². The standard InChI is InChI=1S/C19H23F3N4O2S/c1-5-28-17(27)15-11(2)25-16(29-15)12(3)26-18(23-4)24-10-13-6-8-14(9-7-13)19(20,21)22/h6-9,12H,5,10H2,1-4H3,(H2,23,24,26). The van der Waals surface area contributed by atoms with Gasteiger partial charge in [-0.05, 0) is 38.5 Å². The second kappa shape index (κ2) is 9.73. The van der Waals surface area contributed by atoms with Crippen LogP contribution in [0.4, 0.5) is 13.2 Å². The number of benzene rings is 1. The van der Waals surface area contributed by atoms with Gasteiger partial charge in [0.15, 0.2) is 5.96 Å². The zero-order chi connectivity index (χ0) is 21.6. The number of ether oxygens (including phenoxy) is 1. The van der Waals surface area contributed by atoms with E-state index in [-0.39, 0.29) is 6.04 Å². The van der Waals surface area contributed by atoms with Crippen LogP contribution in [0.15, 0.2) is 29.3 Å². The molecule has 1 heterocycles. The van der Waals surface area contributed by atoms with E-state index >= 15 is 0 Å². The third-order valence-corrected chi connectivity index (χ3v) is 5.28. The quantitative estimate of drug-likeness (QED) is 0.412. The van der Waals surface area contributed by atoms with Crippen molar-refractivity contribution in [3.8, 4) is 0 Å². The summed E-state index contributed by atoms with van der Waals surface area (Å²) in [6.07, 6.45) is -4.35. The van der Waals surface area contributed by atoms with Crippen LogP contribution in [0.5, 0.6) is 0 Å². The highest BCUT2D eigenvalue weighted by Crippen LogP contribution is 2.29. The topological polar surface area (TPSA) is 75.6 Å². The Hall–Kier alpha value is -2.62. The molecule has 1 aromatic heterocycles. The molecule has 1 atom stereocenters. The number of halogens is 3. The number of aliphatic imine (C=N–C) groups is 1. The number of carbonyl (C=O) groups excluding carboxylic acids is 1. The lowest BCUT2D eigenvalue weighted by Crippen LogP contribution is -2.38. The van der Waals surface area contributed by atoms with Gasteiger partial charge < -0.3 is 15.4 Å². The van der Waals surface area contributed by atoms with E-state index in [1.165, 1.54) is 23.5 Å². The number of hydrogen-bond donors (Lipinski definition) is 2. The van der Waals surface area contributed by atoms with Crippen LogP contribution in [0.2, 0.25) is 0 Å². The molecule has 0 aliphatic carbocycles. The molecule has 29 heavy (non-hydrogen) atoms. The van der Waals surface area contributed by atoms with Gasteiger partial charge in [0.1, 0.15) is 9.88 Å². The highest BCUT2D eigenvalue weighted by Gasteiger charge is 2.29. The van der Waals surface area contributed by atoms with Crippen LogP contribution < -0.4 is 10.6 Å². The Bertz CT molecular complexity index is 863. The smallest absolute Gasteiger partial charge is 0.416 e. The van der Waals surface area contributed by atoms with Crippen LogP contribution >= 0.6 is 11.3 Å². The predicted octanol–water partition coefficient (Wildman–Crippen LogP) is 4.07. The minimum atomic E-state index is -4.35. The van der Waals surface area contributed by atoms with E-state index in [0.717, 1.165) is 12.1 Å². The minimum Gasteiger partial charge on any atom is -0.462 e. The first kappa shape index (κ1) is 22.7. The summed E-state index contributed by atoms with van der Waals surface area (Å²) in [5, 5.41) is 6.90. The highest BCUT2D eigenvalue weighted by atomic mass is 32.1. The van der Waals surface area contributed by atoms with Gasteiger partial charge in [-0.2, -0.15) is 13.2 Å². The molecule has 1 aromatic carbocycles. The van der Waals surface area contributed by atoms with Crippen molar-refractivity contribution in [3.63, 3.8) is 0 Å². The summed E-state index contributed by atoms with van der Waals surface area (Å²) in [6.45, 7) is 5.95. The van der Waals surface area contributed by atoms with Crippen LogP contribution in [-0.4, -0.2) is 30.6 Å². The molecule has 0 radical (unpaired) electrons. The molecule has 10 heteroatoms. The summed E-state index contributed by atoms with van der Waals surface area (Å²) >= 11 is 1.25. The fourth-order valence-electron chi connectivity index (χ4n) is 2.45. The van der Waals surface area contributed by atoms with E-state index in [1.54, 1.807) is 20.9 Å². The summed E-state index contributed by atoms with van der Waals surface area (Å²) in [4.78, 5) is 20.9. The number of thiazole rings is 1. The Morgan fingerprint density at radius 1 is 1.31 bits per heavy atom. The minimum absolute atomic E-state index is 0.235. The van der Waals surface area contributed by atoms with Crippen LogP contribution in [0.25, 0.3) is 0 Å². The number of guanidine groups is 1. The Labute approximate surface area is 171 Å². The average molecular weight is 428 g/mol. The molecule has 0 saturated carbocycles. The fourth-order valence-corrected chi connectivity index (χ4v) is 3.41. The number of carbonyl (C=O) groups is 1. The predicted molar refractivity (Wildman–Crippen MR) is 106 cm³/mol. The number of alkyl halides is 3. The number of rotatable bonds is 6. The molecule has 0 aliphatic heterocycles. The molecule has 2 rings (SSSR count). The normalized spacial score (nSPS) is 13.1. The average Bonchev–Trinajstić information content (AvgIpc) is 3.06. The van der Waals surface area contributed by atoms with Gasteiger partial charge in [0, 0.05) is 13.6 Å². The molecule has 2 N–H and O–H groups in total. The van der Waals surface area contributed by atoms with Gasteiger partial charge in [-0.25, -0.2) is 9.78 Å². The van der Waals surface area contributed by atoms with E-state index in [2.05, 4.69) is 20.6 Å². The molecule has 0 bridgehead atoms. The summed E-state index contributed by atoms with van der Waals surface area (Å²) in [5.41, 5.74) is 0.599. The lowest BCUT2D eigenvalue weighted by atomic mass is 10.1. The summed E-state index contributed by atoms with van der Waals surface area (Å²) in [5.74, 6) is 0.0636. The molecule has 0 fully saturated rings. The molecule has 1 unspecified atom stereocenters. The van der Waals surface area contributed by atoms with Crippen LogP contribution in [0, 0.1) is 6.92 Å². The number of aryl methyl sites for hydroxylation is 1. The Balaban J connectivity index is 1.98. The maximum atomic E-state index is 12.6. The second-order valence-corrected chi connectivity index (χ2v) is 7.20. The van der Waals surface area contributed by atoms with Crippen molar-refractivity contribution in [2.24, 2.45) is 4.99 Å². The Morgan fingerprint density at radius 3 is 2.52 bits per heavy atom. The van der Waals surface area contributed by atoms with Crippen molar-refractivity contribution in [1.29, 1.82) is 0 Å². The molecule has 2 aromatic rings. The zero-order valence-electron chi connectivity index (χ0n) is 16.6. The Morgan fingerprint density at radius 2 is 1.97 bits per heavy atom. The largest absolute Gasteiger partial charge is 0.462 e. The molecular weight excluding hydrogens is 405 g/mol.